The van der Waals surface area contributed by atoms with E-state index in [1.807, 2.05) is 19.1 Å². The Kier molecular flexibility index (Phi) is 5.26. The number of carbonyl (C=O) groups excluding carboxylic acids is 1. The van der Waals surface area contributed by atoms with Gasteiger partial charge < -0.3 is 9.15 Å². The normalized spacial score (nSPS) is 13.8. The van der Waals surface area contributed by atoms with Gasteiger partial charge in [-0.15, -0.1) is 0 Å². The summed E-state index contributed by atoms with van der Waals surface area (Å²) in [4.78, 5) is 12.5. The summed E-state index contributed by atoms with van der Waals surface area (Å²) in [6.45, 7) is 10.4. The average Bonchev–Trinajstić information content (AvgIpc) is 3.30. The maximum atomic E-state index is 12.5. The summed E-state index contributed by atoms with van der Waals surface area (Å²) < 4.78 is 11.1. The Morgan fingerprint density at radius 3 is 2.53 bits per heavy atom. The molecule has 4 aromatic rings. The molecular formula is C30H25ClO3. The first-order chi connectivity index (χ1) is 16.3. The van der Waals surface area contributed by atoms with Crippen molar-refractivity contribution < 1.29 is 13.9 Å². The molecule has 1 aliphatic carbocycles. The quantitative estimate of drug-likeness (QED) is 0.282. The number of benzene rings is 3. The molecule has 5 rings (SSSR count). The third-order valence-electron chi connectivity index (χ3n) is 6.77. The van der Waals surface area contributed by atoms with Gasteiger partial charge in [0.05, 0.1) is 12.7 Å². The number of hydrogen-bond acceptors (Lipinski definition) is 3. The van der Waals surface area contributed by atoms with Crippen LogP contribution in [0.1, 0.15) is 53.6 Å². The topological polar surface area (TPSA) is 39.4 Å². The van der Waals surface area contributed by atoms with Crippen molar-refractivity contribution in [2.24, 2.45) is 0 Å². The smallest absolute Gasteiger partial charge is 0.338 e. The minimum Gasteiger partial charge on any atom is -0.465 e. The number of rotatable bonds is 4. The SMILES string of the molecule is C=Cc1oc2ccc3c(c2c1/C=C\C)-c1ccc(-c2ccc(Cl)cc2C(=O)OC)cc1C3(C)C. The lowest BCUT2D eigenvalue weighted by atomic mass is 9.81. The van der Waals surface area contributed by atoms with Crippen molar-refractivity contribution in [1.82, 2.24) is 0 Å². The van der Waals surface area contributed by atoms with Gasteiger partial charge in [0.15, 0.2) is 0 Å². The van der Waals surface area contributed by atoms with Gasteiger partial charge in [0.1, 0.15) is 11.3 Å². The maximum Gasteiger partial charge on any atom is 0.338 e. The van der Waals surface area contributed by atoms with E-state index in [4.69, 9.17) is 20.8 Å². The van der Waals surface area contributed by atoms with Crippen molar-refractivity contribution in [3.05, 3.63) is 94.2 Å². The molecule has 0 bridgehead atoms. The lowest BCUT2D eigenvalue weighted by Gasteiger charge is -2.22. The van der Waals surface area contributed by atoms with E-state index in [0.717, 1.165) is 33.4 Å². The molecule has 3 aromatic carbocycles. The molecule has 0 N–H and O–H groups in total. The molecule has 0 fully saturated rings. The van der Waals surface area contributed by atoms with E-state index < -0.39 is 5.97 Å². The summed E-state index contributed by atoms with van der Waals surface area (Å²) in [5.41, 5.74) is 8.66. The number of fused-ring (bicyclic) bond motifs is 5. The highest BCUT2D eigenvalue weighted by Gasteiger charge is 2.38. The van der Waals surface area contributed by atoms with Crippen LogP contribution in [0.25, 0.3) is 45.4 Å². The molecule has 1 aromatic heterocycles. The largest absolute Gasteiger partial charge is 0.465 e. The molecule has 170 valence electrons. The van der Waals surface area contributed by atoms with Gasteiger partial charge in [-0.05, 0) is 70.6 Å². The lowest BCUT2D eigenvalue weighted by Crippen LogP contribution is -2.15. The Morgan fingerprint density at radius 1 is 1.06 bits per heavy atom. The molecule has 0 unspecified atom stereocenters. The molecule has 4 heteroatoms. The maximum absolute atomic E-state index is 12.5. The van der Waals surface area contributed by atoms with Crippen LogP contribution >= 0.6 is 11.6 Å². The van der Waals surface area contributed by atoms with Crippen LogP contribution < -0.4 is 0 Å². The third kappa shape index (κ3) is 3.15. The lowest BCUT2D eigenvalue weighted by molar-refractivity contribution is 0.0601. The van der Waals surface area contributed by atoms with E-state index in [1.54, 1.807) is 18.2 Å². The predicted octanol–water partition coefficient (Wildman–Crippen LogP) is 8.52. The fourth-order valence-electron chi connectivity index (χ4n) is 5.16. The molecule has 34 heavy (non-hydrogen) atoms. The first kappa shape index (κ1) is 22.2. The van der Waals surface area contributed by atoms with Gasteiger partial charge in [0.25, 0.3) is 0 Å². The first-order valence-electron chi connectivity index (χ1n) is 11.2. The number of methoxy groups -OCH3 is 1. The van der Waals surface area contributed by atoms with Gasteiger partial charge in [-0.2, -0.15) is 0 Å². The summed E-state index contributed by atoms with van der Waals surface area (Å²) in [7, 11) is 1.38. The van der Waals surface area contributed by atoms with Crippen LogP contribution in [0.15, 0.2) is 65.6 Å². The molecular weight excluding hydrogens is 444 g/mol. The van der Waals surface area contributed by atoms with Crippen LogP contribution in [0, 0.1) is 0 Å². The van der Waals surface area contributed by atoms with Crippen LogP contribution in [0.5, 0.6) is 0 Å². The molecule has 0 radical (unpaired) electrons. The van der Waals surface area contributed by atoms with Crippen LogP contribution in [-0.2, 0) is 10.2 Å². The second kappa shape index (κ2) is 8.03. The highest BCUT2D eigenvalue weighted by Crippen LogP contribution is 2.53. The van der Waals surface area contributed by atoms with Crippen LogP contribution in [0.4, 0.5) is 0 Å². The summed E-state index contributed by atoms with van der Waals surface area (Å²) in [6.07, 6.45) is 5.87. The molecule has 0 saturated carbocycles. The van der Waals surface area contributed by atoms with Crippen LogP contribution in [0.3, 0.4) is 0 Å². The Hall–Kier alpha value is -3.56. The fourth-order valence-corrected chi connectivity index (χ4v) is 5.33. The van der Waals surface area contributed by atoms with Crippen molar-refractivity contribution in [3.63, 3.8) is 0 Å². The number of allylic oxidation sites excluding steroid dienone is 1. The Morgan fingerprint density at radius 2 is 1.82 bits per heavy atom. The molecule has 3 nitrogen and oxygen atoms in total. The van der Waals surface area contributed by atoms with Gasteiger partial charge in [-0.25, -0.2) is 4.79 Å². The summed E-state index contributed by atoms with van der Waals surface area (Å²) in [5, 5.41) is 1.60. The Balaban J connectivity index is 1.79. The van der Waals surface area contributed by atoms with Gasteiger partial charge in [0.2, 0.25) is 0 Å². The van der Waals surface area contributed by atoms with Gasteiger partial charge >= 0.3 is 5.97 Å². The molecule has 1 heterocycles. The summed E-state index contributed by atoms with van der Waals surface area (Å²) in [5.74, 6) is 0.363. The van der Waals surface area contributed by atoms with Crippen molar-refractivity contribution in [1.29, 1.82) is 0 Å². The van der Waals surface area contributed by atoms with E-state index in [2.05, 4.69) is 56.8 Å². The van der Waals surface area contributed by atoms with E-state index >= 15 is 0 Å². The highest BCUT2D eigenvalue weighted by atomic mass is 35.5. The average molecular weight is 469 g/mol. The zero-order valence-corrected chi connectivity index (χ0v) is 20.4. The van der Waals surface area contributed by atoms with E-state index in [1.165, 1.54) is 29.4 Å². The fraction of sp³-hybridized carbons (Fsp3) is 0.167. The monoisotopic (exact) mass is 468 g/mol. The van der Waals surface area contributed by atoms with Gasteiger partial charge in [-0.3, -0.25) is 0 Å². The number of esters is 1. The second-order valence-electron chi connectivity index (χ2n) is 9.01. The highest BCUT2D eigenvalue weighted by molar-refractivity contribution is 6.31. The predicted molar refractivity (Wildman–Crippen MR) is 140 cm³/mol. The van der Waals surface area contributed by atoms with Gasteiger partial charge in [-0.1, -0.05) is 68.4 Å². The zero-order valence-electron chi connectivity index (χ0n) is 19.7. The van der Waals surface area contributed by atoms with Crippen molar-refractivity contribution in [2.75, 3.05) is 7.11 Å². The summed E-state index contributed by atoms with van der Waals surface area (Å²) >= 11 is 6.19. The summed E-state index contributed by atoms with van der Waals surface area (Å²) in [6, 6.07) is 15.9. The molecule has 0 spiro atoms. The number of hydrogen-bond donors (Lipinski definition) is 0. The standard InChI is InChI=1S/C30H25ClO3/c1-6-8-21-25(7-2)34-26-14-13-23-27(28(21)26)20-11-9-17(15-24(20)30(23,3)4)19-12-10-18(31)16-22(19)29(32)33-5/h6-16H,2H2,1,3-5H3/b8-6-. The number of halogens is 1. The van der Waals surface area contributed by atoms with Crippen LogP contribution in [-0.4, -0.2) is 13.1 Å². The molecule has 0 atom stereocenters. The molecule has 0 saturated heterocycles. The van der Waals surface area contributed by atoms with E-state index in [0.29, 0.717) is 10.6 Å². The molecule has 0 aliphatic heterocycles. The number of furan rings is 1. The molecule has 0 amide bonds. The first-order valence-corrected chi connectivity index (χ1v) is 11.6. The van der Waals surface area contributed by atoms with Gasteiger partial charge in [0, 0.05) is 21.4 Å². The molecule has 1 aliphatic rings. The van der Waals surface area contributed by atoms with E-state index in [9.17, 15) is 4.79 Å². The Bertz CT molecular complexity index is 1520. The minimum absolute atomic E-state index is 0.231. The van der Waals surface area contributed by atoms with Crippen LogP contribution in [0.2, 0.25) is 5.02 Å². The van der Waals surface area contributed by atoms with Crippen molar-refractivity contribution >= 4 is 40.7 Å². The van der Waals surface area contributed by atoms with Crippen molar-refractivity contribution in [3.8, 4) is 22.3 Å². The Labute approximate surface area is 204 Å². The second-order valence-corrected chi connectivity index (χ2v) is 9.45. The number of ether oxygens (including phenoxy) is 1. The minimum atomic E-state index is -0.409. The number of carbonyl (C=O) groups is 1. The van der Waals surface area contributed by atoms with Crippen molar-refractivity contribution in [2.45, 2.75) is 26.2 Å². The van der Waals surface area contributed by atoms with E-state index in [-0.39, 0.29) is 5.41 Å². The zero-order chi connectivity index (χ0) is 24.2. The third-order valence-corrected chi connectivity index (χ3v) is 7.01.